The van der Waals surface area contributed by atoms with E-state index in [0.29, 0.717) is 28.8 Å². The van der Waals surface area contributed by atoms with E-state index in [2.05, 4.69) is 46.6 Å². The number of hydrogen-bond donors (Lipinski definition) is 1. The van der Waals surface area contributed by atoms with Crippen molar-refractivity contribution in [1.82, 2.24) is 60.6 Å². The van der Waals surface area contributed by atoms with E-state index >= 15 is 0 Å². The maximum Gasteiger partial charge on any atom is 0.348 e. The SMILES string of the molecule is COc1ccc(-n2nnnc2C(O)(OCCc2nnnn2-c2ccccc2)OCc2nnnn2-c2ccccc2)cc1. The van der Waals surface area contributed by atoms with Crippen LogP contribution < -0.4 is 4.74 Å². The summed E-state index contributed by atoms with van der Waals surface area (Å²) in [6.07, 6.45) is 0.222. The van der Waals surface area contributed by atoms with Crippen LogP contribution in [0.4, 0.5) is 0 Å². The first-order valence-corrected chi connectivity index (χ1v) is 12.7. The fourth-order valence-electron chi connectivity index (χ4n) is 4.09. The van der Waals surface area contributed by atoms with Crippen molar-refractivity contribution >= 4 is 0 Å². The minimum atomic E-state index is -2.43. The summed E-state index contributed by atoms with van der Waals surface area (Å²) in [4.78, 5) is 0. The van der Waals surface area contributed by atoms with E-state index in [-0.39, 0.29) is 25.5 Å². The molecular weight excluding hydrogens is 544 g/mol. The Morgan fingerprint density at radius 2 is 1.19 bits per heavy atom. The number of tetrazole rings is 3. The Balaban J connectivity index is 1.27. The van der Waals surface area contributed by atoms with Crippen LogP contribution in [0, 0.1) is 0 Å². The number of aliphatic hydroxyl groups is 1. The van der Waals surface area contributed by atoms with Crippen LogP contribution in [0.1, 0.15) is 17.5 Å². The number of nitrogens with zero attached hydrogens (tertiary/aromatic N) is 12. The number of benzene rings is 3. The smallest absolute Gasteiger partial charge is 0.348 e. The molecule has 212 valence electrons. The normalized spacial score (nSPS) is 12.7. The average Bonchev–Trinajstić information content (AvgIpc) is 3.83. The summed E-state index contributed by atoms with van der Waals surface area (Å²) >= 11 is 0. The lowest BCUT2D eigenvalue weighted by atomic mass is 10.3. The fraction of sp³-hybridized carbons (Fsp3) is 0.192. The minimum Gasteiger partial charge on any atom is -0.497 e. The Hall–Kier alpha value is -5.45. The zero-order valence-electron chi connectivity index (χ0n) is 22.2. The predicted octanol–water partition coefficient (Wildman–Crippen LogP) is 1.20. The van der Waals surface area contributed by atoms with Crippen LogP contribution in [0.25, 0.3) is 17.1 Å². The molecule has 3 aromatic heterocycles. The van der Waals surface area contributed by atoms with Crippen molar-refractivity contribution in [2.45, 2.75) is 19.0 Å². The van der Waals surface area contributed by atoms with E-state index in [0.717, 1.165) is 5.69 Å². The summed E-state index contributed by atoms with van der Waals surface area (Å²) in [6, 6.07) is 25.6. The van der Waals surface area contributed by atoms with E-state index in [4.69, 9.17) is 14.2 Å². The molecule has 1 atom stereocenters. The summed E-state index contributed by atoms with van der Waals surface area (Å²) in [6.45, 7) is -0.321. The molecule has 0 radical (unpaired) electrons. The quantitative estimate of drug-likeness (QED) is 0.208. The number of hydrogen-bond acceptors (Lipinski definition) is 13. The highest BCUT2D eigenvalue weighted by Crippen LogP contribution is 2.27. The van der Waals surface area contributed by atoms with Crippen molar-refractivity contribution in [3.63, 3.8) is 0 Å². The molecule has 0 amide bonds. The molecule has 42 heavy (non-hydrogen) atoms. The molecule has 1 unspecified atom stereocenters. The standard InChI is InChI=1S/C26H24N12O4/c1-40-22-14-12-21(13-15-22)38-25(29-32-35-38)26(39,42-18-24-28-31-34-37(24)20-10-6-3-7-11-20)41-17-16-23-27-30-33-36(23)19-8-4-2-5-9-19/h2-15,39H,16-18H2,1H3. The second-order valence-corrected chi connectivity index (χ2v) is 8.77. The molecule has 16 heteroatoms. The van der Waals surface area contributed by atoms with Gasteiger partial charge in [0.1, 0.15) is 12.4 Å². The average molecular weight is 569 g/mol. The zero-order valence-corrected chi connectivity index (χ0v) is 22.2. The Morgan fingerprint density at radius 3 is 1.83 bits per heavy atom. The highest BCUT2D eigenvalue weighted by Gasteiger charge is 2.40. The number of rotatable bonds is 12. The van der Waals surface area contributed by atoms with Gasteiger partial charge < -0.3 is 19.3 Å². The van der Waals surface area contributed by atoms with E-state index in [1.165, 1.54) is 9.36 Å². The molecule has 16 nitrogen and oxygen atoms in total. The first-order valence-electron chi connectivity index (χ1n) is 12.7. The molecule has 3 aromatic carbocycles. The van der Waals surface area contributed by atoms with E-state index in [1.807, 2.05) is 60.7 Å². The molecule has 0 fully saturated rings. The third-order valence-electron chi connectivity index (χ3n) is 6.16. The van der Waals surface area contributed by atoms with Gasteiger partial charge in [-0.05, 0) is 79.8 Å². The predicted molar refractivity (Wildman–Crippen MR) is 142 cm³/mol. The molecule has 6 rings (SSSR count). The zero-order chi connectivity index (χ0) is 28.8. The van der Waals surface area contributed by atoms with Crippen LogP contribution in [0.2, 0.25) is 0 Å². The van der Waals surface area contributed by atoms with Crippen LogP contribution >= 0.6 is 0 Å². The van der Waals surface area contributed by atoms with Gasteiger partial charge in [-0.1, -0.05) is 36.4 Å². The highest BCUT2D eigenvalue weighted by atomic mass is 16.8. The number of aromatic nitrogens is 12. The maximum absolute atomic E-state index is 11.8. The van der Waals surface area contributed by atoms with Crippen molar-refractivity contribution < 1.29 is 19.3 Å². The highest BCUT2D eigenvalue weighted by molar-refractivity contribution is 5.37. The van der Waals surface area contributed by atoms with Gasteiger partial charge >= 0.3 is 5.97 Å². The van der Waals surface area contributed by atoms with Gasteiger partial charge in [-0.25, -0.2) is 0 Å². The van der Waals surface area contributed by atoms with Crippen LogP contribution in [-0.2, 0) is 28.5 Å². The van der Waals surface area contributed by atoms with Crippen LogP contribution in [0.15, 0.2) is 84.9 Å². The second-order valence-electron chi connectivity index (χ2n) is 8.77. The molecule has 0 aliphatic rings. The number of ether oxygens (including phenoxy) is 3. The lowest BCUT2D eigenvalue weighted by molar-refractivity contribution is -0.383. The van der Waals surface area contributed by atoms with Crippen molar-refractivity contribution in [3.8, 4) is 22.8 Å². The van der Waals surface area contributed by atoms with Crippen LogP contribution in [0.3, 0.4) is 0 Å². The Morgan fingerprint density at radius 1 is 0.643 bits per heavy atom. The van der Waals surface area contributed by atoms with Crippen molar-refractivity contribution in [3.05, 3.63) is 102 Å². The Kier molecular flexibility index (Phi) is 7.62. The Bertz CT molecular complexity index is 1720. The van der Waals surface area contributed by atoms with Crippen molar-refractivity contribution in [2.75, 3.05) is 13.7 Å². The van der Waals surface area contributed by atoms with Gasteiger partial charge in [0.25, 0.3) is 0 Å². The van der Waals surface area contributed by atoms with Crippen LogP contribution in [0.5, 0.6) is 5.75 Å². The van der Waals surface area contributed by atoms with E-state index < -0.39 is 5.97 Å². The van der Waals surface area contributed by atoms with Gasteiger partial charge in [-0.2, -0.15) is 14.0 Å². The van der Waals surface area contributed by atoms with Crippen molar-refractivity contribution in [2.24, 2.45) is 0 Å². The molecular formula is C26H24N12O4. The molecule has 0 spiro atoms. The number of para-hydroxylation sites is 2. The first kappa shape index (κ1) is 26.8. The van der Waals surface area contributed by atoms with Gasteiger partial charge in [0.05, 0.1) is 30.8 Å². The maximum atomic E-state index is 11.8. The lowest BCUT2D eigenvalue weighted by Gasteiger charge is -2.26. The molecule has 0 aliphatic carbocycles. The largest absolute Gasteiger partial charge is 0.497 e. The van der Waals surface area contributed by atoms with Crippen molar-refractivity contribution in [1.29, 1.82) is 0 Å². The Labute approximate surface area is 238 Å². The van der Waals surface area contributed by atoms with Gasteiger partial charge in [-0.3, -0.25) is 0 Å². The minimum absolute atomic E-state index is 0.0667. The van der Waals surface area contributed by atoms with Gasteiger partial charge in [-0.15, -0.1) is 15.3 Å². The van der Waals surface area contributed by atoms with Gasteiger partial charge in [0.15, 0.2) is 11.6 Å². The molecule has 0 saturated carbocycles. The third kappa shape index (κ3) is 5.57. The van der Waals surface area contributed by atoms with Gasteiger partial charge in [0.2, 0.25) is 5.82 Å². The summed E-state index contributed by atoms with van der Waals surface area (Å²) in [5.74, 6) is -1.11. The molecule has 3 heterocycles. The first-order chi connectivity index (χ1) is 20.6. The third-order valence-corrected chi connectivity index (χ3v) is 6.16. The topological polar surface area (TPSA) is 179 Å². The lowest BCUT2D eigenvalue weighted by Crippen LogP contribution is -2.37. The molecule has 0 bridgehead atoms. The molecule has 0 aliphatic heterocycles. The number of methoxy groups -OCH3 is 1. The monoisotopic (exact) mass is 568 g/mol. The van der Waals surface area contributed by atoms with E-state index in [1.54, 1.807) is 36.1 Å². The fourth-order valence-corrected chi connectivity index (χ4v) is 4.09. The molecule has 0 saturated heterocycles. The summed E-state index contributed by atoms with van der Waals surface area (Å²) in [7, 11) is 1.56. The second kappa shape index (κ2) is 12.0. The molecule has 1 N–H and O–H groups in total. The molecule has 6 aromatic rings. The van der Waals surface area contributed by atoms with Gasteiger partial charge in [0, 0.05) is 6.42 Å². The summed E-state index contributed by atoms with van der Waals surface area (Å²) < 4.78 is 21.5. The summed E-state index contributed by atoms with van der Waals surface area (Å²) in [5.41, 5.74) is 2.02. The van der Waals surface area contributed by atoms with E-state index in [9.17, 15) is 5.11 Å². The summed E-state index contributed by atoms with van der Waals surface area (Å²) in [5, 5.41) is 47.4. The van der Waals surface area contributed by atoms with Crippen LogP contribution in [-0.4, -0.2) is 79.4 Å².